The van der Waals surface area contributed by atoms with Crippen molar-refractivity contribution in [3.63, 3.8) is 0 Å². The van der Waals surface area contributed by atoms with Gasteiger partial charge in [-0.2, -0.15) is 0 Å². The molecule has 0 saturated heterocycles. The van der Waals surface area contributed by atoms with Gasteiger partial charge in [0, 0.05) is 34.8 Å². The number of carbonyl (C=O) groups excluding carboxylic acids is 2. The number of halogens is 2. The van der Waals surface area contributed by atoms with Crippen LogP contribution in [0.4, 0.5) is 0 Å². The van der Waals surface area contributed by atoms with Gasteiger partial charge in [-0.15, -0.1) is 0 Å². The maximum atomic E-state index is 12.6. The van der Waals surface area contributed by atoms with Crippen LogP contribution < -0.4 is 10.6 Å². The molecule has 3 rings (SSSR count). The van der Waals surface area contributed by atoms with Crippen molar-refractivity contribution >= 4 is 47.2 Å². The molecule has 2 unspecified atom stereocenters. The fourth-order valence-corrected chi connectivity index (χ4v) is 5.22. The average Bonchev–Trinajstić information content (AvgIpc) is 2.75. The Morgan fingerprint density at radius 1 is 0.853 bits per heavy atom. The maximum absolute atomic E-state index is 12.6. The summed E-state index contributed by atoms with van der Waals surface area (Å²) >= 11 is 11.8. The first kappa shape index (κ1) is 26.1. The van der Waals surface area contributed by atoms with Crippen molar-refractivity contribution < 1.29 is 9.59 Å². The predicted octanol–water partition coefficient (Wildman–Crippen LogP) is 6.54. The number of benzene rings is 2. The van der Waals surface area contributed by atoms with E-state index < -0.39 is 0 Å². The van der Waals surface area contributed by atoms with E-state index in [0.717, 1.165) is 30.4 Å². The summed E-state index contributed by atoms with van der Waals surface area (Å²) in [6, 6.07) is 14.7. The predicted molar refractivity (Wildman–Crippen MR) is 142 cm³/mol. The molecule has 1 saturated carbocycles. The number of amides is 2. The molecule has 2 aromatic rings. The number of hydrogen-bond donors (Lipinski definition) is 2. The summed E-state index contributed by atoms with van der Waals surface area (Å²) in [6.45, 7) is 7.16. The van der Waals surface area contributed by atoms with Crippen molar-refractivity contribution in [3.8, 4) is 0 Å². The van der Waals surface area contributed by atoms with E-state index in [9.17, 15) is 9.59 Å². The third-order valence-corrected chi connectivity index (χ3v) is 6.58. The molecule has 180 valence electrons. The minimum atomic E-state index is -0.133. The summed E-state index contributed by atoms with van der Waals surface area (Å²) in [5.74, 6) is -0.249. The molecular formula is C28H32Cl2N2O2. The molecule has 2 amide bonds. The smallest absolute Gasteiger partial charge is 0.244 e. The molecule has 2 aromatic carbocycles. The first-order valence-electron chi connectivity index (χ1n) is 11.5. The Labute approximate surface area is 212 Å². The Hall–Kier alpha value is -2.56. The van der Waals surface area contributed by atoms with E-state index in [1.165, 1.54) is 0 Å². The highest BCUT2D eigenvalue weighted by molar-refractivity contribution is 6.30. The molecule has 1 fully saturated rings. The number of nitrogens with one attached hydrogen (secondary N) is 2. The standard InChI is InChI=1S/C28H32Cl2N2O2/c1-27(2)16-24(32-26(34)15-9-21-6-12-23(30)13-7-21)17-28(3,18-27)19-31-25(33)14-8-20-4-10-22(29)11-5-20/h4-15,24H,16-19H2,1-3H3,(H,31,33)(H,32,34). The molecule has 0 spiro atoms. The van der Waals surface area contributed by atoms with E-state index in [-0.39, 0.29) is 28.7 Å². The van der Waals surface area contributed by atoms with Crippen LogP contribution in [0.2, 0.25) is 10.0 Å². The molecule has 0 radical (unpaired) electrons. The Morgan fingerprint density at radius 3 is 1.88 bits per heavy atom. The summed E-state index contributed by atoms with van der Waals surface area (Å²) in [5, 5.41) is 7.54. The van der Waals surface area contributed by atoms with Gasteiger partial charge in [-0.25, -0.2) is 0 Å². The Morgan fingerprint density at radius 2 is 1.35 bits per heavy atom. The molecule has 2 atom stereocenters. The highest BCUT2D eigenvalue weighted by Gasteiger charge is 2.41. The third kappa shape index (κ3) is 8.34. The lowest BCUT2D eigenvalue weighted by molar-refractivity contribution is -0.119. The normalized spacial score (nSPS) is 22.1. The van der Waals surface area contributed by atoms with Crippen molar-refractivity contribution in [2.75, 3.05) is 6.54 Å². The van der Waals surface area contributed by atoms with Gasteiger partial charge in [-0.3, -0.25) is 9.59 Å². The zero-order valence-electron chi connectivity index (χ0n) is 19.9. The second-order valence-corrected chi connectivity index (χ2v) is 11.1. The summed E-state index contributed by atoms with van der Waals surface area (Å²) in [5.41, 5.74) is 1.76. The Bertz CT molecular complexity index is 1060. The second kappa shape index (κ2) is 11.2. The van der Waals surface area contributed by atoms with Crippen molar-refractivity contribution in [2.24, 2.45) is 10.8 Å². The second-order valence-electron chi connectivity index (χ2n) is 10.3. The molecular weight excluding hydrogens is 467 g/mol. The summed E-state index contributed by atoms with van der Waals surface area (Å²) in [6.07, 6.45) is 9.33. The molecule has 6 heteroatoms. The fraction of sp³-hybridized carbons (Fsp3) is 0.357. The van der Waals surface area contributed by atoms with Gasteiger partial charge in [-0.1, -0.05) is 68.2 Å². The Kier molecular flexibility index (Phi) is 8.62. The molecule has 1 aliphatic carbocycles. The van der Waals surface area contributed by atoms with E-state index in [0.29, 0.717) is 16.6 Å². The average molecular weight is 499 g/mol. The van der Waals surface area contributed by atoms with Gasteiger partial charge in [-0.05, 0) is 77.6 Å². The van der Waals surface area contributed by atoms with Crippen LogP contribution in [0.5, 0.6) is 0 Å². The van der Waals surface area contributed by atoms with Crippen molar-refractivity contribution in [1.29, 1.82) is 0 Å². The van der Waals surface area contributed by atoms with Gasteiger partial charge in [0.1, 0.15) is 0 Å². The van der Waals surface area contributed by atoms with Crippen LogP contribution in [0.1, 0.15) is 51.2 Å². The summed E-state index contributed by atoms with van der Waals surface area (Å²) in [4.78, 5) is 25.0. The van der Waals surface area contributed by atoms with Crippen LogP contribution in [-0.4, -0.2) is 24.4 Å². The quantitative estimate of drug-likeness (QED) is 0.425. The van der Waals surface area contributed by atoms with Crippen molar-refractivity contribution in [3.05, 3.63) is 81.9 Å². The fourth-order valence-electron chi connectivity index (χ4n) is 4.97. The lowest BCUT2D eigenvalue weighted by Crippen LogP contribution is -2.50. The SMILES string of the molecule is CC1(C)CC(NC(=O)C=Cc2ccc(Cl)cc2)CC(C)(CNC(=O)C=Cc2ccc(Cl)cc2)C1. The van der Waals surface area contributed by atoms with Gasteiger partial charge in [0.25, 0.3) is 0 Å². The molecule has 0 aromatic heterocycles. The van der Waals surface area contributed by atoms with Gasteiger partial charge in [0.05, 0.1) is 0 Å². The van der Waals surface area contributed by atoms with Gasteiger partial charge in [0.15, 0.2) is 0 Å². The monoisotopic (exact) mass is 498 g/mol. The lowest BCUT2D eigenvalue weighted by Gasteiger charge is -2.46. The van der Waals surface area contributed by atoms with Gasteiger partial charge >= 0.3 is 0 Å². The topological polar surface area (TPSA) is 58.2 Å². The molecule has 1 aliphatic rings. The minimum Gasteiger partial charge on any atom is -0.352 e. The molecule has 0 aliphatic heterocycles. The van der Waals surface area contributed by atoms with E-state index in [1.807, 2.05) is 24.3 Å². The van der Waals surface area contributed by atoms with Gasteiger partial charge in [0.2, 0.25) is 11.8 Å². The van der Waals surface area contributed by atoms with Crippen molar-refractivity contribution in [1.82, 2.24) is 10.6 Å². The lowest BCUT2D eigenvalue weighted by atomic mass is 9.62. The molecule has 0 heterocycles. The number of hydrogen-bond acceptors (Lipinski definition) is 2. The minimum absolute atomic E-state index is 0.0395. The van der Waals surface area contributed by atoms with E-state index in [1.54, 1.807) is 48.6 Å². The first-order valence-corrected chi connectivity index (χ1v) is 12.2. The molecule has 34 heavy (non-hydrogen) atoms. The van der Waals surface area contributed by atoms with Crippen LogP contribution in [0.25, 0.3) is 12.2 Å². The molecule has 2 N–H and O–H groups in total. The largest absolute Gasteiger partial charge is 0.352 e. The van der Waals surface area contributed by atoms with E-state index in [2.05, 4.69) is 31.4 Å². The van der Waals surface area contributed by atoms with Gasteiger partial charge < -0.3 is 10.6 Å². The van der Waals surface area contributed by atoms with Crippen LogP contribution >= 0.6 is 23.2 Å². The van der Waals surface area contributed by atoms with Crippen LogP contribution in [0, 0.1) is 10.8 Å². The number of rotatable bonds is 7. The first-order chi connectivity index (χ1) is 16.0. The number of carbonyl (C=O) groups is 2. The third-order valence-electron chi connectivity index (χ3n) is 6.07. The summed E-state index contributed by atoms with van der Waals surface area (Å²) in [7, 11) is 0. The van der Waals surface area contributed by atoms with E-state index in [4.69, 9.17) is 23.2 Å². The highest BCUT2D eigenvalue weighted by atomic mass is 35.5. The van der Waals surface area contributed by atoms with Crippen LogP contribution in [0.3, 0.4) is 0 Å². The zero-order valence-corrected chi connectivity index (χ0v) is 21.4. The summed E-state index contributed by atoms with van der Waals surface area (Å²) < 4.78 is 0. The Balaban J connectivity index is 1.56. The molecule has 4 nitrogen and oxygen atoms in total. The van der Waals surface area contributed by atoms with Crippen LogP contribution in [-0.2, 0) is 9.59 Å². The maximum Gasteiger partial charge on any atom is 0.244 e. The van der Waals surface area contributed by atoms with Crippen LogP contribution in [0.15, 0.2) is 60.7 Å². The van der Waals surface area contributed by atoms with Crippen molar-refractivity contribution in [2.45, 2.75) is 46.1 Å². The van der Waals surface area contributed by atoms with E-state index >= 15 is 0 Å². The molecule has 0 bridgehead atoms. The highest BCUT2D eigenvalue weighted by Crippen LogP contribution is 2.45. The zero-order chi connectivity index (χ0) is 24.8.